The van der Waals surface area contributed by atoms with Crippen molar-refractivity contribution in [2.24, 2.45) is 0 Å². The van der Waals surface area contributed by atoms with Crippen LogP contribution >= 0.6 is 11.6 Å². The summed E-state index contributed by atoms with van der Waals surface area (Å²) in [6, 6.07) is 5.78. The highest BCUT2D eigenvalue weighted by molar-refractivity contribution is 6.30. The molecule has 1 aromatic rings. The van der Waals surface area contributed by atoms with Crippen LogP contribution in [0.25, 0.3) is 5.57 Å². The molecule has 0 saturated heterocycles. The number of fused-ring (bicyclic) bond motifs is 1. The first kappa shape index (κ1) is 13.9. The number of carbonyl (C=O) groups is 1. The van der Waals surface area contributed by atoms with Gasteiger partial charge in [0.2, 0.25) is 5.91 Å². The van der Waals surface area contributed by atoms with E-state index in [0.717, 1.165) is 16.8 Å². The third-order valence-corrected chi connectivity index (χ3v) is 3.61. The zero-order valence-electron chi connectivity index (χ0n) is 11.7. The van der Waals surface area contributed by atoms with Crippen molar-refractivity contribution in [2.75, 3.05) is 17.9 Å². The summed E-state index contributed by atoms with van der Waals surface area (Å²) in [4.78, 5) is 14.0. The van der Waals surface area contributed by atoms with Crippen LogP contribution < -0.4 is 9.64 Å². The zero-order chi connectivity index (χ0) is 14.2. The number of amides is 1. The van der Waals surface area contributed by atoms with Gasteiger partial charge in [0.25, 0.3) is 0 Å². The van der Waals surface area contributed by atoms with Crippen LogP contribution in [0.5, 0.6) is 5.75 Å². The highest BCUT2D eigenvalue weighted by Gasteiger charge is 2.37. The summed E-state index contributed by atoms with van der Waals surface area (Å²) in [5.41, 5.74) is 2.54. The quantitative estimate of drug-likeness (QED) is 0.776. The van der Waals surface area contributed by atoms with Crippen molar-refractivity contribution in [1.29, 1.82) is 0 Å². The molecule has 1 aliphatic rings. The molecule has 0 aliphatic carbocycles. The number of rotatable bonds is 2. The molecule has 0 atom stereocenters. The molecule has 19 heavy (non-hydrogen) atoms. The van der Waals surface area contributed by atoms with E-state index in [1.165, 1.54) is 0 Å². The third-order valence-electron chi connectivity index (χ3n) is 3.38. The predicted octanol–water partition coefficient (Wildman–Crippen LogP) is 3.46. The van der Waals surface area contributed by atoms with E-state index in [0.29, 0.717) is 5.75 Å². The molecule has 0 spiro atoms. The molecule has 1 amide bonds. The standard InChI is InChI=1S/C15H18ClNO2/c1-10-8-15(2,3)17(13(18)9-16)14-11(10)6-5-7-12(14)19-4/h5-8H,9H2,1-4H3. The molecule has 3 nitrogen and oxygen atoms in total. The van der Waals surface area contributed by atoms with Gasteiger partial charge < -0.3 is 4.74 Å². The van der Waals surface area contributed by atoms with Gasteiger partial charge in [-0.1, -0.05) is 18.2 Å². The molecular weight excluding hydrogens is 262 g/mol. The number of alkyl halides is 1. The van der Waals surface area contributed by atoms with Crippen LogP contribution in [0.4, 0.5) is 5.69 Å². The number of ether oxygens (including phenoxy) is 1. The maximum Gasteiger partial charge on any atom is 0.242 e. The van der Waals surface area contributed by atoms with E-state index in [1.54, 1.807) is 12.0 Å². The van der Waals surface area contributed by atoms with Crippen LogP contribution in [0.1, 0.15) is 26.3 Å². The molecular formula is C15H18ClNO2. The minimum atomic E-state index is -0.419. The van der Waals surface area contributed by atoms with Crippen molar-refractivity contribution in [3.8, 4) is 5.75 Å². The number of nitrogens with zero attached hydrogens (tertiary/aromatic N) is 1. The van der Waals surface area contributed by atoms with E-state index in [2.05, 4.69) is 6.08 Å². The fourth-order valence-corrected chi connectivity index (χ4v) is 2.82. The van der Waals surface area contributed by atoms with Crippen molar-refractivity contribution in [1.82, 2.24) is 0 Å². The first-order chi connectivity index (χ1) is 8.92. The molecule has 1 aromatic carbocycles. The number of hydrogen-bond donors (Lipinski definition) is 0. The van der Waals surface area contributed by atoms with Crippen LogP contribution in [0, 0.1) is 0 Å². The fraction of sp³-hybridized carbons (Fsp3) is 0.400. The Morgan fingerprint density at radius 2 is 2.11 bits per heavy atom. The Bertz CT molecular complexity index is 549. The summed E-state index contributed by atoms with van der Waals surface area (Å²) < 4.78 is 5.41. The second-order valence-electron chi connectivity index (χ2n) is 5.20. The van der Waals surface area contributed by atoms with Crippen molar-refractivity contribution >= 4 is 28.8 Å². The molecule has 2 rings (SSSR count). The van der Waals surface area contributed by atoms with Crippen LogP contribution in [-0.4, -0.2) is 24.4 Å². The predicted molar refractivity (Wildman–Crippen MR) is 78.9 cm³/mol. The van der Waals surface area contributed by atoms with E-state index in [1.807, 2.05) is 39.0 Å². The van der Waals surface area contributed by atoms with Gasteiger partial charge in [0, 0.05) is 5.56 Å². The molecule has 1 heterocycles. The number of allylic oxidation sites excluding steroid dienone is 1. The Morgan fingerprint density at radius 1 is 1.42 bits per heavy atom. The van der Waals surface area contributed by atoms with Crippen LogP contribution in [0.15, 0.2) is 24.3 Å². The first-order valence-electron chi connectivity index (χ1n) is 6.18. The molecule has 0 bridgehead atoms. The van der Waals surface area contributed by atoms with Crippen molar-refractivity contribution in [2.45, 2.75) is 26.3 Å². The lowest BCUT2D eigenvalue weighted by Gasteiger charge is -2.41. The second-order valence-corrected chi connectivity index (χ2v) is 5.47. The van der Waals surface area contributed by atoms with Crippen molar-refractivity contribution in [3.05, 3.63) is 29.8 Å². The molecule has 0 aromatic heterocycles. The van der Waals surface area contributed by atoms with Gasteiger partial charge >= 0.3 is 0 Å². The maximum atomic E-state index is 12.2. The van der Waals surface area contributed by atoms with Crippen molar-refractivity contribution in [3.63, 3.8) is 0 Å². The number of methoxy groups -OCH3 is 1. The minimum Gasteiger partial charge on any atom is -0.495 e. The molecule has 0 saturated carbocycles. The van der Waals surface area contributed by atoms with E-state index in [-0.39, 0.29) is 11.8 Å². The minimum absolute atomic E-state index is 0.0478. The first-order valence-corrected chi connectivity index (χ1v) is 6.71. The average Bonchev–Trinajstić information content (AvgIpc) is 2.36. The Kier molecular flexibility index (Phi) is 3.59. The number of carbonyl (C=O) groups excluding carboxylic acids is 1. The zero-order valence-corrected chi connectivity index (χ0v) is 12.4. The maximum absolute atomic E-state index is 12.2. The molecule has 102 valence electrons. The highest BCUT2D eigenvalue weighted by atomic mass is 35.5. The summed E-state index contributed by atoms with van der Waals surface area (Å²) in [6.07, 6.45) is 2.08. The monoisotopic (exact) mass is 279 g/mol. The Balaban J connectivity index is 2.72. The lowest BCUT2D eigenvalue weighted by molar-refractivity contribution is -0.117. The van der Waals surface area contributed by atoms with Crippen LogP contribution in [0.2, 0.25) is 0 Å². The summed E-state index contributed by atoms with van der Waals surface area (Å²) in [7, 11) is 1.61. The highest BCUT2D eigenvalue weighted by Crippen LogP contribution is 2.44. The number of halogens is 1. The molecule has 0 radical (unpaired) electrons. The smallest absolute Gasteiger partial charge is 0.242 e. The fourth-order valence-electron chi connectivity index (χ4n) is 2.70. The van der Waals surface area contributed by atoms with Crippen LogP contribution in [0.3, 0.4) is 0 Å². The van der Waals surface area contributed by atoms with Crippen molar-refractivity contribution < 1.29 is 9.53 Å². The Hall–Kier alpha value is -1.48. The van der Waals surface area contributed by atoms with Gasteiger partial charge in [-0.2, -0.15) is 0 Å². The third kappa shape index (κ3) is 2.23. The van der Waals surface area contributed by atoms with Gasteiger partial charge in [-0.05, 0) is 32.4 Å². The Labute approximate surface area is 118 Å². The van der Waals surface area contributed by atoms with Gasteiger partial charge in [0.05, 0.1) is 18.3 Å². The van der Waals surface area contributed by atoms with E-state index >= 15 is 0 Å². The number of hydrogen-bond acceptors (Lipinski definition) is 2. The molecule has 0 N–H and O–H groups in total. The molecule has 0 fully saturated rings. The normalized spacial score (nSPS) is 16.7. The Morgan fingerprint density at radius 3 is 2.68 bits per heavy atom. The summed E-state index contributed by atoms with van der Waals surface area (Å²) in [6.45, 7) is 6.04. The lowest BCUT2D eigenvalue weighted by Crippen LogP contribution is -2.49. The van der Waals surface area contributed by atoms with Gasteiger partial charge in [-0.15, -0.1) is 11.6 Å². The molecule has 1 aliphatic heterocycles. The summed E-state index contributed by atoms with van der Waals surface area (Å²) in [5.74, 6) is 0.519. The number of anilines is 1. The SMILES string of the molecule is COc1cccc2c1N(C(=O)CCl)C(C)(C)C=C2C. The molecule has 0 unspecified atom stereocenters. The van der Waals surface area contributed by atoms with Gasteiger partial charge in [-0.3, -0.25) is 9.69 Å². The molecule has 4 heteroatoms. The second kappa shape index (κ2) is 4.89. The average molecular weight is 280 g/mol. The van der Waals surface area contributed by atoms with Crippen LogP contribution in [-0.2, 0) is 4.79 Å². The van der Waals surface area contributed by atoms with Gasteiger partial charge in [-0.25, -0.2) is 0 Å². The number of para-hydroxylation sites is 1. The summed E-state index contributed by atoms with van der Waals surface area (Å²) >= 11 is 5.76. The van der Waals surface area contributed by atoms with E-state index in [4.69, 9.17) is 16.3 Å². The van der Waals surface area contributed by atoms with Gasteiger partial charge in [0.1, 0.15) is 11.6 Å². The lowest BCUT2D eigenvalue weighted by atomic mass is 9.88. The largest absolute Gasteiger partial charge is 0.495 e. The van der Waals surface area contributed by atoms with Gasteiger partial charge in [0.15, 0.2) is 0 Å². The van der Waals surface area contributed by atoms with E-state index in [9.17, 15) is 4.79 Å². The van der Waals surface area contributed by atoms with E-state index < -0.39 is 5.54 Å². The topological polar surface area (TPSA) is 29.5 Å². The summed E-state index contributed by atoms with van der Waals surface area (Å²) in [5, 5.41) is 0. The number of benzene rings is 1.